The maximum atomic E-state index is 5.97. The van der Waals surface area contributed by atoms with Gasteiger partial charge in [-0.15, -0.1) is 26.7 Å². The van der Waals surface area contributed by atoms with Gasteiger partial charge in [0, 0.05) is 28.4 Å². The van der Waals surface area contributed by atoms with Crippen molar-refractivity contribution in [2.24, 2.45) is 10.2 Å². The molecule has 24 heavy (non-hydrogen) atoms. The second-order valence-corrected chi connectivity index (χ2v) is 6.51. The van der Waals surface area contributed by atoms with Crippen LogP contribution < -0.4 is 5.73 Å². The van der Waals surface area contributed by atoms with Crippen molar-refractivity contribution < 1.29 is 0 Å². The Labute approximate surface area is 141 Å². The molecule has 4 aromatic rings. The fourth-order valence-corrected chi connectivity index (χ4v) is 3.64. The molecule has 0 amide bonds. The fraction of sp³-hybridized carbons (Fsp3) is 0.188. The third-order valence-electron chi connectivity index (χ3n) is 3.73. The molecule has 120 valence electrons. The quantitative estimate of drug-likeness (QED) is 0.553. The van der Waals surface area contributed by atoms with Crippen LogP contribution in [0.2, 0.25) is 0 Å². The standard InChI is InChI=1S/C16H15N7S/c1-8-6-10(3)19-16-12(8)11(7-24-16)20-21-13-14(17)22-23-5-4-9(2)18-15(13)23/h4-7H,1-3H3,(H2,17,22)/b21-20+. The van der Waals surface area contributed by atoms with Crippen LogP contribution in [0.4, 0.5) is 17.2 Å². The molecule has 0 aliphatic rings. The summed E-state index contributed by atoms with van der Waals surface area (Å²) in [5.74, 6) is 0.307. The summed E-state index contributed by atoms with van der Waals surface area (Å²) in [5, 5.41) is 15.9. The summed E-state index contributed by atoms with van der Waals surface area (Å²) in [4.78, 5) is 9.95. The number of thiophene rings is 1. The Kier molecular flexibility index (Phi) is 3.27. The van der Waals surface area contributed by atoms with Crippen molar-refractivity contribution in [3.63, 3.8) is 0 Å². The molecule has 0 aliphatic carbocycles. The van der Waals surface area contributed by atoms with Gasteiger partial charge in [0.25, 0.3) is 0 Å². The van der Waals surface area contributed by atoms with E-state index in [1.54, 1.807) is 15.9 Å². The fourth-order valence-electron chi connectivity index (χ4n) is 2.67. The molecular formula is C16H15N7S. The highest BCUT2D eigenvalue weighted by atomic mass is 32.1. The van der Waals surface area contributed by atoms with E-state index in [1.807, 2.05) is 37.6 Å². The molecule has 4 heterocycles. The number of aromatic nitrogens is 4. The highest BCUT2D eigenvalue weighted by molar-refractivity contribution is 7.17. The van der Waals surface area contributed by atoms with Gasteiger partial charge < -0.3 is 5.73 Å². The van der Waals surface area contributed by atoms with Crippen molar-refractivity contribution in [2.45, 2.75) is 20.8 Å². The van der Waals surface area contributed by atoms with E-state index in [0.29, 0.717) is 17.2 Å². The smallest absolute Gasteiger partial charge is 0.185 e. The van der Waals surface area contributed by atoms with Crippen molar-refractivity contribution in [1.82, 2.24) is 19.6 Å². The number of nitrogens with two attached hydrogens (primary N) is 1. The van der Waals surface area contributed by atoms with Crippen molar-refractivity contribution >= 4 is 44.4 Å². The van der Waals surface area contributed by atoms with E-state index >= 15 is 0 Å². The normalized spacial score (nSPS) is 12.0. The molecule has 0 saturated heterocycles. The van der Waals surface area contributed by atoms with E-state index in [9.17, 15) is 0 Å². The lowest BCUT2D eigenvalue weighted by molar-refractivity contribution is 0.935. The maximum Gasteiger partial charge on any atom is 0.185 e. The zero-order valence-corrected chi connectivity index (χ0v) is 14.3. The number of pyridine rings is 1. The van der Waals surface area contributed by atoms with Crippen LogP contribution in [0.3, 0.4) is 0 Å². The molecule has 0 aromatic carbocycles. The number of aryl methyl sites for hydroxylation is 3. The van der Waals surface area contributed by atoms with Gasteiger partial charge in [0.05, 0.1) is 0 Å². The SMILES string of the molecule is Cc1cc(C)c2c(/N=N/c3c(N)nn4ccc(C)nc34)csc2n1. The summed E-state index contributed by atoms with van der Waals surface area (Å²) in [7, 11) is 0. The van der Waals surface area contributed by atoms with Gasteiger partial charge in [-0.05, 0) is 38.5 Å². The van der Waals surface area contributed by atoms with Crippen molar-refractivity contribution in [1.29, 1.82) is 0 Å². The first kappa shape index (κ1) is 14.7. The Bertz CT molecular complexity index is 1110. The minimum absolute atomic E-state index is 0.307. The van der Waals surface area contributed by atoms with Crippen LogP contribution in [0, 0.1) is 20.8 Å². The number of anilines is 1. The lowest BCUT2D eigenvalue weighted by Crippen LogP contribution is -1.91. The average molecular weight is 337 g/mol. The van der Waals surface area contributed by atoms with Crippen molar-refractivity contribution in [3.05, 3.63) is 40.7 Å². The van der Waals surface area contributed by atoms with Gasteiger partial charge in [0.1, 0.15) is 10.5 Å². The summed E-state index contributed by atoms with van der Waals surface area (Å²) in [6.07, 6.45) is 1.81. The minimum Gasteiger partial charge on any atom is -0.380 e. The molecule has 4 aromatic heterocycles. The zero-order valence-electron chi connectivity index (χ0n) is 13.5. The van der Waals surface area contributed by atoms with E-state index in [1.165, 1.54) is 0 Å². The number of hydrogen-bond donors (Lipinski definition) is 1. The first-order valence-corrected chi connectivity index (χ1v) is 8.29. The van der Waals surface area contributed by atoms with E-state index in [0.717, 1.165) is 32.9 Å². The van der Waals surface area contributed by atoms with Gasteiger partial charge in [-0.2, -0.15) is 0 Å². The van der Waals surface area contributed by atoms with E-state index < -0.39 is 0 Å². The summed E-state index contributed by atoms with van der Waals surface area (Å²) < 4.78 is 1.61. The lowest BCUT2D eigenvalue weighted by atomic mass is 10.2. The third-order valence-corrected chi connectivity index (χ3v) is 4.59. The van der Waals surface area contributed by atoms with Gasteiger partial charge in [0.15, 0.2) is 17.2 Å². The van der Waals surface area contributed by atoms with Gasteiger partial charge in [0.2, 0.25) is 0 Å². The molecule has 8 heteroatoms. The summed E-state index contributed by atoms with van der Waals surface area (Å²) in [6, 6.07) is 3.91. The predicted octanol–water partition coefficient (Wildman–Crippen LogP) is 4.26. The predicted molar refractivity (Wildman–Crippen MR) is 95.4 cm³/mol. The lowest BCUT2D eigenvalue weighted by Gasteiger charge is -1.99. The first-order valence-electron chi connectivity index (χ1n) is 7.41. The Morgan fingerprint density at radius 2 is 1.96 bits per heavy atom. The average Bonchev–Trinajstić information content (AvgIpc) is 3.05. The Morgan fingerprint density at radius 1 is 1.12 bits per heavy atom. The number of nitrogen functional groups attached to an aromatic ring is 1. The van der Waals surface area contributed by atoms with Crippen molar-refractivity contribution in [3.8, 4) is 0 Å². The van der Waals surface area contributed by atoms with E-state index in [2.05, 4.69) is 32.2 Å². The highest BCUT2D eigenvalue weighted by Crippen LogP contribution is 2.36. The third kappa shape index (κ3) is 2.31. The van der Waals surface area contributed by atoms with Crippen LogP contribution in [0.15, 0.2) is 33.9 Å². The largest absolute Gasteiger partial charge is 0.380 e. The molecule has 0 bridgehead atoms. The van der Waals surface area contributed by atoms with Crippen LogP contribution >= 0.6 is 11.3 Å². The number of fused-ring (bicyclic) bond motifs is 2. The summed E-state index contributed by atoms with van der Waals surface area (Å²) in [6.45, 7) is 5.95. The van der Waals surface area contributed by atoms with Crippen LogP contribution in [-0.2, 0) is 0 Å². The summed E-state index contributed by atoms with van der Waals surface area (Å²) in [5.41, 5.74) is 10.8. The molecule has 0 spiro atoms. The van der Waals surface area contributed by atoms with Crippen LogP contribution in [0.1, 0.15) is 17.0 Å². The highest BCUT2D eigenvalue weighted by Gasteiger charge is 2.13. The van der Waals surface area contributed by atoms with Crippen LogP contribution in [-0.4, -0.2) is 19.6 Å². The van der Waals surface area contributed by atoms with Crippen LogP contribution in [0.25, 0.3) is 15.9 Å². The molecule has 0 fully saturated rings. The topological polar surface area (TPSA) is 93.8 Å². The number of hydrogen-bond acceptors (Lipinski definition) is 7. The number of nitrogens with zero attached hydrogens (tertiary/aromatic N) is 6. The molecule has 0 saturated carbocycles. The van der Waals surface area contributed by atoms with Crippen LogP contribution in [0.5, 0.6) is 0 Å². The second-order valence-electron chi connectivity index (χ2n) is 5.65. The van der Waals surface area contributed by atoms with E-state index in [-0.39, 0.29) is 0 Å². The molecule has 0 unspecified atom stereocenters. The molecule has 0 aliphatic heterocycles. The second kappa shape index (κ2) is 5.34. The Balaban J connectivity index is 1.84. The van der Waals surface area contributed by atoms with Gasteiger partial charge >= 0.3 is 0 Å². The molecule has 2 N–H and O–H groups in total. The first-order chi connectivity index (χ1) is 11.5. The Hall–Kier alpha value is -2.87. The molecular weight excluding hydrogens is 322 g/mol. The Morgan fingerprint density at radius 3 is 2.79 bits per heavy atom. The zero-order chi connectivity index (χ0) is 16.8. The summed E-state index contributed by atoms with van der Waals surface area (Å²) >= 11 is 1.56. The molecule has 7 nitrogen and oxygen atoms in total. The van der Waals surface area contributed by atoms with Gasteiger partial charge in [-0.25, -0.2) is 14.5 Å². The van der Waals surface area contributed by atoms with Crippen molar-refractivity contribution in [2.75, 3.05) is 5.73 Å². The molecule has 0 radical (unpaired) electrons. The monoisotopic (exact) mass is 337 g/mol. The number of rotatable bonds is 2. The minimum atomic E-state index is 0.307. The maximum absolute atomic E-state index is 5.97. The molecule has 4 rings (SSSR count). The van der Waals surface area contributed by atoms with Gasteiger partial charge in [-0.1, -0.05) is 0 Å². The number of azo groups is 1. The van der Waals surface area contributed by atoms with E-state index in [4.69, 9.17) is 5.73 Å². The molecule has 0 atom stereocenters. The van der Waals surface area contributed by atoms with Gasteiger partial charge in [-0.3, -0.25) is 0 Å².